The summed E-state index contributed by atoms with van der Waals surface area (Å²) in [5.41, 5.74) is 4.60. The van der Waals surface area contributed by atoms with Crippen LogP contribution in [0.25, 0.3) is 0 Å². The van der Waals surface area contributed by atoms with Crippen molar-refractivity contribution in [3.05, 3.63) is 95.1 Å². The molecule has 0 radical (unpaired) electrons. The predicted octanol–water partition coefficient (Wildman–Crippen LogP) is 5.50. The van der Waals surface area contributed by atoms with E-state index in [0.717, 1.165) is 11.3 Å². The van der Waals surface area contributed by atoms with Gasteiger partial charge in [0.05, 0.1) is 0 Å². The highest BCUT2D eigenvalue weighted by Crippen LogP contribution is 2.21. The molecule has 0 aliphatic rings. The lowest BCUT2D eigenvalue weighted by atomic mass is 10.0. The van der Waals surface area contributed by atoms with Gasteiger partial charge < -0.3 is 10.6 Å². The smallest absolute Gasteiger partial charge is 0.257 e. The van der Waals surface area contributed by atoms with Gasteiger partial charge in [-0.1, -0.05) is 44.2 Å². The maximum atomic E-state index is 12.4. The molecule has 0 aliphatic carbocycles. The highest BCUT2D eigenvalue weighted by molar-refractivity contribution is 7.80. The number of thiocarbonyl (C=S) groups is 1. The van der Waals surface area contributed by atoms with Crippen LogP contribution in [0.3, 0.4) is 0 Å². The zero-order valence-electron chi connectivity index (χ0n) is 17.7. The summed E-state index contributed by atoms with van der Waals surface area (Å²) >= 11 is 5.28. The topological polar surface area (TPSA) is 70.2 Å². The number of hydrogen-bond donors (Lipinski definition) is 3. The molecule has 0 saturated carbocycles. The van der Waals surface area contributed by atoms with E-state index in [1.807, 2.05) is 43.3 Å². The first-order valence-electron chi connectivity index (χ1n) is 10.0. The molecule has 0 fully saturated rings. The summed E-state index contributed by atoms with van der Waals surface area (Å²) in [6.07, 6.45) is 0. The van der Waals surface area contributed by atoms with Crippen molar-refractivity contribution in [1.82, 2.24) is 5.32 Å². The zero-order chi connectivity index (χ0) is 22.4. The third kappa shape index (κ3) is 5.99. The van der Waals surface area contributed by atoms with Gasteiger partial charge in [0.25, 0.3) is 11.8 Å². The molecule has 31 heavy (non-hydrogen) atoms. The normalized spacial score (nSPS) is 10.5. The number of carbonyl (C=O) groups excluding carboxylic acids is 2. The molecule has 0 aromatic heterocycles. The number of carbonyl (C=O) groups is 2. The Morgan fingerprint density at radius 3 is 2.06 bits per heavy atom. The Bertz CT molecular complexity index is 1090. The summed E-state index contributed by atoms with van der Waals surface area (Å²) in [4.78, 5) is 24.8. The van der Waals surface area contributed by atoms with Gasteiger partial charge in [-0.15, -0.1) is 0 Å². The molecule has 5 nitrogen and oxygen atoms in total. The SMILES string of the molecule is Cc1cc(NC(=S)NC(=O)c2ccc(C(C)C)cc2)ccc1NC(=O)c1ccccc1. The summed E-state index contributed by atoms with van der Waals surface area (Å²) in [7, 11) is 0. The van der Waals surface area contributed by atoms with Gasteiger partial charge in [0.2, 0.25) is 0 Å². The van der Waals surface area contributed by atoms with Gasteiger partial charge in [0.1, 0.15) is 0 Å². The van der Waals surface area contributed by atoms with Crippen LogP contribution < -0.4 is 16.0 Å². The summed E-state index contributed by atoms with van der Waals surface area (Å²) in [6, 6.07) is 22.0. The van der Waals surface area contributed by atoms with Gasteiger partial charge in [-0.2, -0.15) is 0 Å². The van der Waals surface area contributed by atoms with Gasteiger partial charge in [-0.05, 0) is 78.7 Å². The minimum absolute atomic E-state index is 0.171. The first kappa shape index (κ1) is 22.2. The number of aryl methyl sites for hydroxylation is 1. The monoisotopic (exact) mass is 431 g/mol. The van der Waals surface area contributed by atoms with Crippen LogP contribution >= 0.6 is 12.2 Å². The van der Waals surface area contributed by atoms with E-state index in [1.54, 1.807) is 36.4 Å². The Morgan fingerprint density at radius 2 is 1.45 bits per heavy atom. The van der Waals surface area contributed by atoms with Crippen LogP contribution in [0.15, 0.2) is 72.8 Å². The molecule has 0 bridgehead atoms. The molecular formula is C25H25N3O2S. The average Bonchev–Trinajstić information content (AvgIpc) is 2.76. The molecule has 158 valence electrons. The van der Waals surface area contributed by atoms with Crippen LogP contribution in [0.1, 0.15) is 51.6 Å². The number of benzene rings is 3. The number of anilines is 2. The standard InChI is InChI=1S/C25H25N3O2S/c1-16(2)18-9-11-20(12-10-18)24(30)28-25(31)26-21-13-14-22(17(3)15-21)27-23(29)19-7-5-4-6-8-19/h4-16H,1-3H3,(H,27,29)(H2,26,28,30,31). The maximum absolute atomic E-state index is 12.4. The minimum Gasteiger partial charge on any atom is -0.332 e. The largest absolute Gasteiger partial charge is 0.332 e. The Labute approximate surface area is 187 Å². The molecule has 3 N–H and O–H groups in total. The van der Waals surface area contributed by atoms with Gasteiger partial charge in [-0.25, -0.2) is 0 Å². The van der Waals surface area contributed by atoms with Crippen LogP contribution in [0.4, 0.5) is 11.4 Å². The molecule has 3 aromatic rings. The molecule has 0 saturated heterocycles. The van der Waals surface area contributed by atoms with Crippen molar-refractivity contribution in [1.29, 1.82) is 0 Å². The second kappa shape index (κ2) is 10.00. The van der Waals surface area contributed by atoms with Crippen molar-refractivity contribution in [2.45, 2.75) is 26.7 Å². The van der Waals surface area contributed by atoms with E-state index in [-0.39, 0.29) is 16.9 Å². The molecule has 0 atom stereocenters. The van der Waals surface area contributed by atoms with E-state index in [1.165, 1.54) is 5.56 Å². The highest BCUT2D eigenvalue weighted by atomic mass is 32.1. The fourth-order valence-electron chi connectivity index (χ4n) is 3.02. The second-order valence-electron chi connectivity index (χ2n) is 7.53. The Balaban J connectivity index is 1.59. The zero-order valence-corrected chi connectivity index (χ0v) is 18.5. The summed E-state index contributed by atoms with van der Waals surface area (Å²) in [5.74, 6) is -0.0320. The van der Waals surface area contributed by atoms with Gasteiger partial charge in [0.15, 0.2) is 5.11 Å². The molecular weight excluding hydrogens is 406 g/mol. The average molecular weight is 432 g/mol. The number of hydrogen-bond acceptors (Lipinski definition) is 3. The van der Waals surface area contributed by atoms with Gasteiger partial charge >= 0.3 is 0 Å². The molecule has 0 spiro atoms. The predicted molar refractivity (Wildman–Crippen MR) is 130 cm³/mol. The van der Waals surface area contributed by atoms with E-state index in [4.69, 9.17) is 12.2 Å². The molecule has 6 heteroatoms. The van der Waals surface area contributed by atoms with Gasteiger partial charge in [-0.3, -0.25) is 14.9 Å². The van der Waals surface area contributed by atoms with E-state index in [0.29, 0.717) is 22.7 Å². The van der Waals surface area contributed by atoms with Crippen LogP contribution in [0.5, 0.6) is 0 Å². The number of amides is 2. The molecule has 2 amide bonds. The quantitative estimate of drug-likeness (QED) is 0.467. The lowest BCUT2D eigenvalue weighted by Gasteiger charge is -2.13. The maximum Gasteiger partial charge on any atom is 0.257 e. The van der Waals surface area contributed by atoms with Crippen molar-refractivity contribution in [2.24, 2.45) is 0 Å². The van der Waals surface area contributed by atoms with Crippen molar-refractivity contribution in [3.8, 4) is 0 Å². The molecule has 3 aromatic carbocycles. The Morgan fingerprint density at radius 1 is 0.806 bits per heavy atom. The van der Waals surface area contributed by atoms with Crippen LogP contribution in [-0.4, -0.2) is 16.9 Å². The van der Waals surface area contributed by atoms with E-state index in [9.17, 15) is 9.59 Å². The van der Waals surface area contributed by atoms with Crippen molar-refractivity contribution >= 4 is 40.5 Å². The third-order valence-corrected chi connectivity index (χ3v) is 5.04. The molecule has 0 heterocycles. The third-order valence-electron chi connectivity index (χ3n) is 4.84. The van der Waals surface area contributed by atoms with Crippen LogP contribution in [0.2, 0.25) is 0 Å². The summed E-state index contributed by atoms with van der Waals surface area (Å²) in [6.45, 7) is 6.10. The van der Waals surface area contributed by atoms with E-state index >= 15 is 0 Å². The fraction of sp³-hybridized carbons (Fsp3) is 0.160. The Hall–Kier alpha value is -3.51. The van der Waals surface area contributed by atoms with Crippen molar-refractivity contribution in [3.63, 3.8) is 0 Å². The number of rotatable bonds is 5. The van der Waals surface area contributed by atoms with Crippen molar-refractivity contribution in [2.75, 3.05) is 10.6 Å². The van der Waals surface area contributed by atoms with Crippen LogP contribution in [-0.2, 0) is 0 Å². The number of nitrogens with one attached hydrogen (secondary N) is 3. The molecule has 3 rings (SSSR count). The highest BCUT2D eigenvalue weighted by Gasteiger charge is 2.11. The molecule has 0 unspecified atom stereocenters. The Kier molecular flexibility index (Phi) is 7.15. The van der Waals surface area contributed by atoms with Gasteiger partial charge in [0, 0.05) is 22.5 Å². The van der Waals surface area contributed by atoms with Crippen LogP contribution in [0, 0.1) is 6.92 Å². The summed E-state index contributed by atoms with van der Waals surface area (Å²) in [5, 5.41) is 8.82. The lowest BCUT2D eigenvalue weighted by molar-refractivity contribution is 0.0976. The lowest BCUT2D eigenvalue weighted by Crippen LogP contribution is -2.34. The second-order valence-corrected chi connectivity index (χ2v) is 7.94. The fourth-order valence-corrected chi connectivity index (χ4v) is 3.23. The minimum atomic E-state index is -0.267. The van der Waals surface area contributed by atoms with E-state index in [2.05, 4.69) is 29.8 Å². The first-order chi connectivity index (χ1) is 14.8. The van der Waals surface area contributed by atoms with E-state index < -0.39 is 0 Å². The summed E-state index contributed by atoms with van der Waals surface area (Å²) < 4.78 is 0. The molecule has 0 aliphatic heterocycles. The van der Waals surface area contributed by atoms with Crippen molar-refractivity contribution < 1.29 is 9.59 Å². The first-order valence-corrected chi connectivity index (χ1v) is 10.4.